The molecule has 0 aromatic heterocycles. The Morgan fingerprint density at radius 3 is 1.05 bits per heavy atom. The Bertz CT molecular complexity index is 367. The van der Waals surface area contributed by atoms with Gasteiger partial charge < -0.3 is 0 Å². The van der Waals surface area contributed by atoms with Gasteiger partial charge >= 0.3 is 0 Å². The first-order valence-electron chi connectivity index (χ1n) is 8.08. The standard InChI is InChI=1S/C14H20.C5H5.Co/c1-3-7-11-12(8-4-1)14-10-6-2-5-9-13(11)14;1-2-4-5-3-1;/h1-10H2;1-5H;. The van der Waals surface area contributed by atoms with Crippen molar-refractivity contribution >= 4 is 0 Å². The van der Waals surface area contributed by atoms with Crippen molar-refractivity contribution in [3.05, 3.63) is 53.0 Å². The molecule has 4 aliphatic carbocycles. The minimum absolute atomic E-state index is 0. The van der Waals surface area contributed by atoms with Crippen LogP contribution in [0.25, 0.3) is 0 Å². The molecule has 0 saturated heterocycles. The molecule has 0 spiro atoms. The van der Waals surface area contributed by atoms with Crippen LogP contribution in [0.3, 0.4) is 0 Å². The van der Waals surface area contributed by atoms with E-state index in [1.165, 1.54) is 64.2 Å². The molecule has 0 unspecified atom stereocenters. The van der Waals surface area contributed by atoms with Crippen molar-refractivity contribution in [3.63, 3.8) is 0 Å². The van der Waals surface area contributed by atoms with Crippen LogP contribution < -0.4 is 0 Å². The second kappa shape index (κ2) is 8.04. The number of hydrogen-bond acceptors (Lipinski definition) is 0. The smallest absolute Gasteiger partial charge is 0.00506 e. The van der Waals surface area contributed by atoms with Crippen LogP contribution in [0.15, 0.2) is 46.6 Å². The molecule has 4 aliphatic rings. The Morgan fingerprint density at radius 1 is 0.450 bits per heavy atom. The summed E-state index contributed by atoms with van der Waals surface area (Å²) in [6, 6.07) is 0. The summed E-state index contributed by atoms with van der Waals surface area (Å²) < 4.78 is 0. The molecule has 0 nitrogen and oxygen atoms in total. The summed E-state index contributed by atoms with van der Waals surface area (Å²) in [6.45, 7) is 0. The fraction of sp³-hybridized carbons (Fsp3) is 0.526. The summed E-state index contributed by atoms with van der Waals surface area (Å²) in [4.78, 5) is 0. The van der Waals surface area contributed by atoms with Crippen LogP contribution in [0.1, 0.15) is 64.2 Å². The summed E-state index contributed by atoms with van der Waals surface area (Å²) in [5, 5.41) is 0. The monoisotopic (exact) mass is 312 g/mol. The largest absolute Gasteiger partial charge is 0.0767 e. The third kappa shape index (κ3) is 3.56. The minimum atomic E-state index is 0. The van der Waals surface area contributed by atoms with E-state index in [1.54, 1.807) is 0 Å². The first-order chi connectivity index (χ1) is 9.47. The molecule has 0 fully saturated rings. The van der Waals surface area contributed by atoms with E-state index < -0.39 is 0 Å². The topological polar surface area (TPSA) is 0 Å². The Morgan fingerprint density at radius 2 is 0.800 bits per heavy atom. The molecule has 0 atom stereocenters. The average Bonchev–Trinajstić information content (AvgIpc) is 2.85. The zero-order chi connectivity index (χ0) is 12.9. The van der Waals surface area contributed by atoms with Crippen LogP contribution in [0.4, 0.5) is 0 Å². The van der Waals surface area contributed by atoms with Gasteiger partial charge in [-0.1, -0.05) is 37.1 Å². The van der Waals surface area contributed by atoms with Crippen LogP contribution in [0.2, 0.25) is 0 Å². The molecule has 1 heteroatoms. The van der Waals surface area contributed by atoms with E-state index in [0.717, 1.165) is 0 Å². The second-order valence-electron chi connectivity index (χ2n) is 6.00. The molecule has 2 radical (unpaired) electrons. The maximum atomic E-state index is 2.00. The van der Waals surface area contributed by atoms with Gasteiger partial charge in [0.1, 0.15) is 0 Å². The minimum Gasteiger partial charge on any atom is -0.0767 e. The van der Waals surface area contributed by atoms with Gasteiger partial charge in [-0.2, -0.15) is 0 Å². The van der Waals surface area contributed by atoms with Gasteiger partial charge in [0.2, 0.25) is 0 Å². The zero-order valence-electron chi connectivity index (χ0n) is 12.3. The summed E-state index contributed by atoms with van der Waals surface area (Å²) in [7, 11) is 0. The van der Waals surface area contributed by atoms with Crippen molar-refractivity contribution < 1.29 is 16.8 Å². The molecule has 0 heterocycles. The predicted octanol–water partition coefficient (Wildman–Crippen LogP) is 5.84. The molecule has 20 heavy (non-hydrogen) atoms. The van der Waals surface area contributed by atoms with E-state index in [1.807, 2.05) is 53.0 Å². The summed E-state index contributed by atoms with van der Waals surface area (Å²) in [5.74, 6) is 0. The summed E-state index contributed by atoms with van der Waals surface area (Å²) in [6.07, 6.45) is 24.4. The van der Waals surface area contributed by atoms with Gasteiger partial charge in [0.05, 0.1) is 0 Å². The van der Waals surface area contributed by atoms with Crippen LogP contribution in [0.5, 0.6) is 0 Å². The van der Waals surface area contributed by atoms with Gasteiger partial charge in [-0.3, -0.25) is 0 Å². The van der Waals surface area contributed by atoms with Gasteiger partial charge in [0.15, 0.2) is 0 Å². The second-order valence-corrected chi connectivity index (χ2v) is 6.00. The predicted molar refractivity (Wildman–Crippen MR) is 82.8 cm³/mol. The third-order valence-electron chi connectivity index (χ3n) is 4.72. The van der Waals surface area contributed by atoms with Crippen LogP contribution in [-0.2, 0) is 16.8 Å². The molecule has 4 rings (SSSR count). The van der Waals surface area contributed by atoms with Crippen LogP contribution >= 0.6 is 0 Å². The number of allylic oxidation sites excluding steroid dienone is 8. The van der Waals surface area contributed by atoms with Gasteiger partial charge in [0.25, 0.3) is 0 Å². The van der Waals surface area contributed by atoms with Crippen LogP contribution in [0, 0.1) is 6.42 Å². The van der Waals surface area contributed by atoms with E-state index in [0.29, 0.717) is 0 Å². The van der Waals surface area contributed by atoms with Crippen molar-refractivity contribution in [2.24, 2.45) is 0 Å². The van der Waals surface area contributed by atoms with Crippen molar-refractivity contribution in [3.8, 4) is 0 Å². The molecule has 0 amide bonds. The molecular weight excluding hydrogens is 287 g/mol. The molecule has 0 aromatic carbocycles. The van der Waals surface area contributed by atoms with Crippen molar-refractivity contribution in [1.82, 2.24) is 0 Å². The Hall–Kier alpha value is -0.534. The van der Waals surface area contributed by atoms with Gasteiger partial charge in [0, 0.05) is 23.2 Å². The molecule has 0 aromatic rings. The average molecular weight is 312 g/mol. The number of rotatable bonds is 0. The zero-order valence-corrected chi connectivity index (χ0v) is 13.3. The van der Waals surface area contributed by atoms with E-state index in [9.17, 15) is 0 Å². The first-order valence-corrected chi connectivity index (χ1v) is 8.08. The number of fused-ring (bicyclic) bond motifs is 2. The molecule has 0 N–H and O–H groups in total. The quantitative estimate of drug-likeness (QED) is 0.527. The summed E-state index contributed by atoms with van der Waals surface area (Å²) in [5.41, 5.74) is 7.28. The fourth-order valence-corrected chi connectivity index (χ4v) is 3.75. The van der Waals surface area contributed by atoms with Crippen molar-refractivity contribution in [1.29, 1.82) is 0 Å². The molecule has 110 valence electrons. The summed E-state index contributed by atoms with van der Waals surface area (Å²) >= 11 is 0. The fourth-order valence-electron chi connectivity index (χ4n) is 3.75. The van der Waals surface area contributed by atoms with E-state index in [4.69, 9.17) is 0 Å². The Kier molecular flexibility index (Phi) is 6.37. The van der Waals surface area contributed by atoms with Crippen molar-refractivity contribution in [2.45, 2.75) is 64.2 Å². The van der Waals surface area contributed by atoms with Crippen molar-refractivity contribution in [2.75, 3.05) is 0 Å². The van der Waals surface area contributed by atoms with E-state index >= 15 is 0 Å². The molecule has 0 saturated carbocycles. The number of hydrogen-bond donors (Lipinski definition) is 0. The Balaban J connectivity index is 0.000000210. The maximum Gasteiger partial charge on any atom is 0.00506 e. The molecular formula is C19H25Co. The van der Waals surface area contributed by atoms with Crippen LogP contribution in [-0.4, -0.2) is 0 Å². The van der Waals surface area contributed by atoms with E-state index in [2.05, 4.69) is 0 Å². The Labute approximate surface area is 134 Å². The maximum absolute atomic E-state index is 2.00. The normalized spacial score (nSPS) is 23.6. The third-order valence-corrected chi connectivity index (χ3v) is 4.72. The molecule has 0 aliphatic heterocycles. The molecule has 0 bridgehead atoms. The SMILES string of the molecule is C1CCC2=C(CC1)C1=C2CCCCC1.[CH]1C=CC=C1.[Co]. The van der Waals surface area contributed by atoms with Gasteiger partial charge in [-0.05, 0) is 73.7 Å². The van der Waals surface area contributed by atoms with E-state index in [-0.39, 0.29) is 16.8 Å². The van der Waals surface area contributed by atoms with Gasteiger partial charge in [-0.25, -0.2) is 0 Å². The first kappa shape index (κ1) is 15.8. The van der Waals surface area contributed by atoms with Gasteiger partial charge in [-0.15, -0.1) is 0 Å².